The van der Waals surface area contributed by atoms with Crippen LogP contribution in [-0.2, 0) is 0 Å². The topological polar surface area (TPSA) is 15.3 Å². The molecule has 3 heteroatoms. The lowest BCUT2D eigenvalue weighted by molar-refractivity contribution is 0.489. The van der Waals surface area contributed by atoms with Crippen molar-refractivity contribution in [2.45, 2.75) is 52.6 Å². The first-order valence-electron chi connectivity index (χ1n) is 7.84. The Balaban J connectivity index is 2.36. The molecule has 2 unspecified atom stereocenters. The van der Waals surface area contributed by atoms with Gasteiger partial charge < -0.3 is 10.2 Å². The lowest BCUT2D eigenvalue weighted by atomic mass is 9.99. The van der Waals surface area contributed by atoms with E-state index in [0.29, 0.717) is 18.0 Å². The van der Waals surface area contributed by atoms with Crippen LogP contribution in [-0.4, -0.2) is 19.1 Å². The molecule has 1 aromatic carbocycles. The number of nitrogens with one attached hydrogen (secondary N) is 1. The Labute approximate surface area is 132 Å². The van der Waals surface area contributed by atoms with Gasteiger partial charge in [-0.05, 0) is 49.9 Å². The second-order valence-electron chi connectivity index (χ2n) is 6.13. The van der Waals surface area contributed by atoms with Gasteiger partial charge in [0.15, 0.2) is 0 Å². The molecule has 1 heterocycles. The van der Waals surface area contributed by atoms with Crippen molar-refractivity contribution in [1.82, 2.24) is 5.32 Å². The number of hydrogen-bond donors (Lipinski definition) is 1. The fourth-order valence-electron chi connectivity index (χ4n) is 3.33. The number of rotatable bonds is 5. The number of halogens is 1. The molecule has 1 aliphatic heterocycles. The molecule has 0 spiro atoms. The van der Waals surface area contributed by atoms with E-state index in [-0.39, 0.29) is 0 Å². The molecule has 0 saturated carbocycles. The summed E-state index contributed by atoms with van der Waals surface area (Å²) in [4.78, 5) is 2.62. The van der Waals surface area contributed by atoms with Gasteiger partial charge in [0.25, 0.3) is 0 Å². The maximum atomic E-state index is 3.64. The molecular weight excluding hydrogens is 312 g/mol. The molecule has 0 aromatic heterocycles. The first-order chi connectivity index (χ1) is 9.54. The van der Waals surface area contributed by atoms with Crippen LogP contribution in [0.3, 0.4) is 0 Å². The fourth-order valence-corrected chi connectivity index (χ4v) is 3.68. The predicted molar refractivity (Wildman–Crippen MR) is 91.4 cm³/mol. The smallest absolute Gasteiger partial charge is 0.0428 e. The average molecular weight is 339 g/mol. The monoisotopic (exact) mass is 338 g/mol. The normalized spacial score (nSPS) is 20.7. The third-order valence-electron chi connectivity index (χ3n) is 4.35. The summed E-state index contributed by atoms with van der Waals surface area (Å²) in [6.07, 6.45) is 2.63. The fraction of sp³-hybridized carbons (Fsp3) is 0.647. The minimum absolute atomic E-state index is 0.400. The van der Waals surface area contributed by atoms with Gasteiger partial charge in [0.1, 0.15) is 0 Å². The predicted octanol–water partition coefficient (Wildman–Crippen LogP) is 4.74. The van der Waals surface area contributed by atoms with Gasteiger partial charge in [-0.15, -0.1) is 0 Å². The molecule has 1 fully saturated rings. The van der Waals surface area contributed by atoms with Crippen molar-refractivity contribution in [3.63, 3.8) is 0 Å². The summed E-state index contributed by atoms with van der Waals surface area (Å²) in [5.41, 5.74) is 2.83. The molecule has 20 heavy (non-hydrogen) atoms. The highest BCUT2D eigenvalue weighted by molar-refractivity contribution is 9.10. The Kier molecular flexibility index (Phi) is 5.50. The van der Waals surface area contributed by atoms with E-state index in [2.05, 4.69) is 72.0 Å². The quantitative estimate of drug-likeness (QED) is 0.833. The first-order valence-corrected chi connectivity index (χ1v) is 8.63. The van der Waals surface area contributed by atoms with Crippen molar-refractivity contribution in [2.75, 3.05) is 18.0 Å². The van der Waals surface area contributed by atoms with Gasteiger partial charge in [0, 0.05) is 28.8 Å². The first kappa shape index (κ1) is 15.8. The molecule has 0 radical (unpaired) electrons. The molecule has 1 aliphatic rings. The van der Waals surface area contributed by atoms with E-state index >= 15 is 0 Å². The summed E-state index contributed by atoms with van der Waals surface area (Å²) in [5.74, 6) is 0.707. The molecule has 2 nitrogen and oxygen atoms in total. The van der Waals surface area contributed by atoms with Gasteiger partial charge in [0.2, 0.25) is 0 Å². The lowest BCUT2D eigenvalue weighted by Gasteiger charge is -2.33. The highest BCUT2D eigenvalue weighted by Crippen LogP contribution is 2.36. The summed E-state index contributed by atoms with van der Waals surface area (Å²) < 4.78 is 1.18. The molecule has 112 valence electrons. The Morgan fingerprint density at radius 1 is 1.35 bits per heavy atom. The number of anilines is 1. The lowest BCUT2D eigenvalue weighted by Crippen LogP contribution is -2.34. The van der Waals surface area contributed by atoms with Crippen molar-refractivity contribution < 1.29 is 0 Å². The van der Waals surface area contributed by atoms with Crippen LogP contribution in [0.25, 0.3) is 0 Å². The third-order valence-corrected chi connectivity index (χ3v) is 4.84. The Morgan fingerprint density at radius 3 is 2.75 bits per heavy atom. The minimum Gasteiger partial charge on any atom is -0.368 e. The number of hydrogen-bond acceptors (Lipinski definition) is 2. The zero-order chi connectivity index (χ0) is 14.7. The molecule has 0 bridgehead atoms. The maximum absolute atomic E-state index is 3.64. The summed E-state index contributed by atoms with van der Waals surface area (Å²) in [5, 5.41) is 3.55. The highest BCUT2D eigenvalue weighted by Gasteiger charge is 2.29. The zero-order valence-electron chi connectivity index (χ0n) is 13.1. The molecule has 0 aliphatic carbocycles. The van der Waals surface area contributed by atoms with Gasteiger partial charge in [-0.2, -0.15) is 0 Å². The van der Waals surface area contributed by atoms with Crippen LogP contribution < -0.4 is 10.2 Å². The highest BCUT2D eigenvalue weighted by atomic mass is 79.9. The zero-order valence-corrected chi connectivity index (χ0v) is 14.7. The van der Waals surface area contributed by atoms with Crippen LogP contribution >= 0.6 is 15.9 Å². The van der Waals surface area contributed by atoms with Crippen LogP contribution in [0, 0.1) is 5.92 Å². The average Bonchev–Trinajstić information content (AvgIpc) is 2.88. The van der Waals surface area contributed by atoms with Crippen molar-refractivity contribution in [2.24, 2.45) is 5.92 Å². The van der Waals surface area contributed by atoms with Crippen LogP contribution in [0.4, 0.5) is 5.69 Å². The van der Waals surface area contributed by atoms with E-state index in [1.807, 2.05) is 0 Å². The third kappa shape index (κ3) is 3.37. The molecular formula is C17H27BrN2. The van der Waals surface area contributed by atoms with Gasteiger partial charge in [0.05, 0.1) is 0 Å². The summed E-state index contributed by atoms with van der Waals surface area (Å²) >= 11 is 3.64. The second kappa shape index (κ2) is 6.95. The van der Waals surface area contributed by atoms with E-state index in [1.54, 1.807) is 0 Å². The summed E-state index contributed by atoms with van der Waals surface area (Å²) in [6.45, 7) is 11.3. The molecule has 1 saturated heterocycles. The van der Waals surface area contributed by atoms with E-state index in [1.165, 1.54) is 35.1 Å². The molecule has 0 amide bonds. The Bertz CT molecular complexity index is 445. The van der Waals surface area contributed by atoms with Crippen molar-refractivity contribution in [3.05, 3.63) is 28.2 Å². The Morgan fingerprint density at radius 2 is 2.10 bits per heavy atom. The standard InChI is InChI=1S/C17H27BrN2/c1-5-19-13(4)15-9-8-14(18)11-17(15)20-10-6-7-16(20)12(2)3/h8-9,11-13,16,19H,5-7,10H2,1-4H3. The molecule has 1 N–H and O–H groups in total. The van der Waals surface area contributed by atoms with Crippen LogP contribution in [0.5, 0.6) is 0 Å². The van der Waals surface area contributed by atoms with Gasteiger partial charge in [-0.3, -0.25) is 0 Å². The van der Waals surface area contributed by atoms with Crippen molar-refractivity contribution in [3.8, 4) is 0 Å². The Hall–Kier alpha value is -0.540. The van der Waals surface area contributed by atoms with E-state index in [9.17, 15) is 0 Å². The van der Waals surface area contributed by atoms with Crippen LogP contribution in [0.15, 0.2) is 22.7 Å². The van der Waals surface area contributed by atoms with E-state index in [0.717, 1.165) is 6.54 Å². The van der Waals surface area contributed by atoms with E-state index in [4.69, 9.17) is 0 Å². The molecule has 2 atom stereocenters. The molecule has 2 rings (SSSR count). The SMILES string of the molecule is CCNC(C)c1ccc(Br)cc1N1CCCC1C(C)C. The van der Waals surface area contributed by atoms with Crippen LogP contribution in [0.2, 0.25) is 0 Å². The largest absolute Gasteiger partial charge is 0.368 e. The summed E-state index contributed by atoms with van der Waals surface area (Å²) in [6, 6.07) is 7.80. The minimum atomic E-state index is 0.400. The second-order valence-corrected chi connectivity index (χ2v) is 7.05. The van der Waals surface area contributed by atoms with Crippen LogP contribution in [0.1, 0.15) is 52.1 Å². The number of nitrogens with zero attached hydrogens (tertiary/aromatic N) is 1. The molecule has 1 aromatic rings. The van der Waals surface area contributed by atoms with E-state index < -0.39 is 0 Å². The summed E-state index contributed by atoms with van der Waals surface area (Å²) in [7, 11) is 0. The number of benzene rings is 1. The van der Waals surface area contributed by atoms with Gasteiger partial charge >= 0.3 is 0 Å². The van der Waals surface area contributed by atoms with Gasteiger partial charge in [-0.25, -0.2) is 0 Å². The van der Waals surface area contributed by atoms with Crippen molar-refractivity contribution in [1.29, 1.82) is 0 Å². The van der Waals surface area contributed by atoms with Gasteiger partial charge in [-0.1, -0.05) is 42.8 Å². The maximum Gasteiger partial charge on any atom is 0.0428 e. The van der Waals surface area contributed by atoms with Crippen molar-refractivity contribution >= 4 is 21.6 Å².